The number of nitrogens with one attached hydrogen (secondary N) is 2. The Kier molecular flexibility index (Phi) is 6.65. The Balaban J connectivity index is 1.54. The first kappa shape index (κ1) is 20.3. The molecule has 1 aromatic heterocycles. The molecular formula is C22H30N4O2. The van der Waals surface area contributed by atoms with Gasteiger partial charge in [0.1, 0.15) is 0 Å². The molecule has 1 aromatic carbocycles. The summed E-state index contributed by atoms with van der Waals surface area (Å²) in [6, 6.07) is 9.83. The summed E-state index contributed by atoms with van der Waals surface area (Å²) < 4.78 is 5.36. The standard InChI is InChI=1S/C22H30N4O2/c1-22(2,3)18-4-6-19(7-5-18)25-21(27)17-14-20(16-23-15-17)24-8-9-26-10-12-28-13-11-26/h4-7,14-16,24H,8-13H2,1-3H3,(H,25,27). The molecule has 1 aliphatic heterocycles. The SMILES string of the molecule is CC(C)(C)c1ccc(NC(=O)c2cncc(NCCN3CCOCC3)c2)cc1. The van der Waals surface area contributed by atoms with Crippen LogP contribution in [0.1, 0.15) is 36.7 Å². The van der Waals surface area contributed by atoms with Gasteiger partial charge < -0.3 is 15.4 Å². The number of hydrogen-bond donors (Lipinski definition) is 2. The van der Waals surface area contributed by atoms with Gasteiger partial charge in [0.2, 0.25) is 0 Å². The van der Waals surface area contributed by atoms with Gasteiger partial charge in [-0.25, -0.2) is 0 Å². The van der Waals surface area contributed by atoms with Gasteiger partial charge in [-0.05, 0) is 29.2 Å². The maximum Gasteiger partial charge on any atom is 0.257 e. The predicted octanol–water partition coefficient (Wildman–Crippen LogP) is 3.38. The van der Waals surface area contributed by atoms with Crippen molar-refractivity contribution < 1.29 is 9.53 Å². The van der Waals surface area contributed by atoms with Crippen molar-refractivity contribution >= 4 is 17.3 Å². The van der Waals surface area contributed by atoms with Crippen LogP contribution in [0.4, 0.5) is 11.4 Å². The lowest BCUT2D eigenvalue weighted by atomic mass is 9.87. The van der Waals surface area contributed by atoms with Gasteiger partial charge in [-0.3, -0.25) is 14.7 Å². The van der Waals surface area contributed by atoms with Crippen molar-refractivity contribution in [2.24, 2.45) is 0 Å². The topological polar surface area (TPSA) is 66.5 Å². The number of pyridine rings is 1. The summed E-state index contributed by atoms with van der Waals surface area (Å²) in [5, 5.41) is 6.29. The maximum atomic E-state index is 12.6. The Bertz CT molecular complexity index is 778. The van der Waals surface area contributed by atoms with E-state index in [4.69, 9.17) is 4.74 Å². The number of ether oxygens (including phenoxy) is 1. The normalized spacial score (nSPS) is 15.2. The van der Waals surface area contributed by atoms with E-state index in [1.165, 1.54) is 5.56 Å². The summed E-state index contributed by atoms with van der Waals surface area (Å²) >= 11 is 0. The van der Waals surface area contributed by atoms with E-state index in [0.717, 1.165) is 50.8 Å². The van der Waals surface area contributed by atoms with Crippen molar-refractivity contribution in [1.29, 1.82) is 0 Å². The lowest BCUT2D eigenvalue weighted by Gasteiger charge is -2.26. The second-order valence-electron chi connectivity index (χ2n) is 8.12. The van der Waals surface area contributed by atoms with E-state index in [9.17, 15) is 4.79 Å². The first-order valence-electron chi connectivity index (χ1n) is 9.83. The molecule has 1 amide bonds. The zero-order valence-corrected chi connectivity index (χ0v) is 17.0. The van der Waals surface area contributed by atoms with Crippen LogP contribution in [-0.4, -0.2) is 55.2 Å². The van der Waals surface area contributed by atoms with Crippen LogP contribution in [0.15, 0.2) is 42.7 Å². The number of carbonyl (C=O) groups excluding carboxylic acids is 1. The fourth-order valence-corrected chi connectivity index (χ4v) is 3.10. The van der Waals surface area contributed by atoms with Crippen LogP contribution in [0.3, 0.4) is 0 Å². The minimum absolute atomic E-state index is 0.0910. The van der Waals surface area contributed by atoms with E-state index in [1.807, 2.05) is 18.2 Å². The van der Waals surface area contributed by atoms with Crippen LogP contribution in [0.5, 0.6) is 0 Å². The highest BCUT2D eigenvalue weighted by Crippen LogP contribution is 2.23. The molecular weight excluding hydrogens is 352 g/mol. The fourth-order valence-electron chi connectivity index (χ4n) is 3.10. The van der Waals surface area contributed by atoms with Crippen molar-refractivity contribution in [3.63, 3.8) is 0 Å². The molecule has 0 spiro atoms. The van der Waals surface area contributed by atoms with E-state index in [0.29, 0.717) is 5.56 Å². The molecule has 0 saturated carbocycles. The second-order valence-corrected chi connectivity index (χ2v) is 8.12. The lowest BCUT2D eigenvalue weighted by molar-refractivity contribution is 0.0398. The number of nitrogens with zero attached hydrogens (tertiary/aromatic N) is 2. The van der Waals surface area contributed by atoms with Gasteiger partial charge in [0.15, 0.2) is 0 Å². The highest BCUT2D eigenvalue weighted by molar-refractivity contribution is 6.04. The highest BCUT2D eigenvalue weighted by Gasteiger charge is 2.14. The van der Waals surface area contributed by atoms with E-state index in [1.54, 1.807) is 12.4 Å². The largest absolute Gasteiger partial charge is 0.382 e. The number of amides is 1. The van der Waals surface area contributed by atoms with Crippen LogP contribution in [0.25, 0.3) is 0 Å². The van der Waals surface area contributed by atoms with E-state index < -0.39 is 0 Å². The first-order chi connectivity index (χ1) is 13.4. The van der Waals surface area contributed by atoms with Gasteiger partial charge in [0, 0.05) is 44.3 Å². The van der Waals surface area contributed by atoms with Gasteiger partial charge in [-0.2, -0.15) is 0 Å². The Morgan fingerprint density at radius 3 is 2.50 bits per heavy atom. The molecule has 6 heteroatoms. The number of anilines is 2. The van der Waals surface area contributed by atoms with E-state index in [2.05, 4.69) is 53.4 Å². The molecule has 0 aliphatic carbocycles. The van der Waals surface area contributed by atoms with Crippen molar-refractivity contribution in [3.8, 4) is 0 Å². The lowest BCUT2D eigenvalue weighted by Crippen LogP contribution is -2.39. The predicted molar refractivity (Wildman–Crippen MR) is 113 cm³/mol. The molecule has 0 radical (unpaired) electrons. The summed E-state index contributed by atoms with van der Waals surface area (Å²) in [5.41, 5.74) is 3.50. The second kappa shape index (κ2) is 9.17. The molecule has 2 aromatic rings. The third-order valence-corrected chi connectivity index (χ3v) is 4.87. The monoisotopic (exact) mass is 382 g/mol. The number of benzene rings is 1. The van der Waals surface area contributed by atoms with Crippen LogP contribution >= 0.6 is 0 Å². The first-order valence-corrected chi connectivity index (χ1v) is 9.83. The van der Waals surface area contributed by atoms with Crippen LogP contribution in [0.2, 0.25) is 0 Å². The van der Waals surface area contributed by atoms with Gasteiger partial charge in [-0.1, -0.05) is 32.9 Å². The smallest absolute Gasteiger partial charge is 0.257 e. The Labute approximate surface area is 167 Å². The Hall–Kier alpha value is -2.44. The highest BCUT2D eigenvalue weighted by atomic mass is 16.5. The third-order valence-electron chi connectivity index (χ3n) is 4.87. The number of hydrogen-bond acceptors (Lipinski definition) is 5. The van der Waals surface area contributed by atoms with Gasteiger partial charge in [0.25, 0.3) is 5.91 Å². The Morgan fingerprint density at radius 1 is 1.11 bits per heavy atom. The molecule has 1 aliphatic rings. The Morgan fingerprint density at radius 2 is 1.82 bits per heavy atom. The molecule has 0 unspecified atom stereocenters. The van der Waals surface area contributed by atoms with E-state index in [-0.39, 0.29) is 11.3 Å². The van der Waals surface area contributed by atoms with Crippen molar-refractivity contribution in [1.82, 2.24) is 9.88 Å². The number of morpholine rings is 1. The minimum atomic E-state index is -0.159. The van der Waals surface area contributed by atoms with Crippen molar-refractivity contribution in [2.75, 3.05) is 50.0 Å². The summed E-state index contributed by atoms with van der Waals surface area (Å²) in [6.45, 7) is 11.8. The molecule has 1 saturated heterocycles. The van der Waals surface area contributed by atoms with Gasteiger partial charge in [-0.15, -0.1) is 0 Å². The van der Waals surface area contributed by atoms with Crippen LogP contribution < -0.4 is 10.6 Å². The number of rotatable bonds is 6. The third kappa shape index (κ3) is 5.78. The average molecular weight is 383 g/mol. The van der Waals surface area contributed by atoms with Gasteiger partial charge in [0.05, 0.1) is 24.5 Å². The van der Waals surface area contributed by atoms with Crippen LogP contribution in [-0.2, 0) is 10.2 Å². The molecule has 150 valence electrons. The average Bonchev–Trinajstić information content (AvgIpc) is 2.69. The zero-order valence-electron chi connectivity index (χ0n) is 17.0. The molecule has 2 N–H and O–H groups in total. The molecule has 3 rings (SSSR count). The quantitative estimate of drug-likeness (QED) is 0.802. The molecule has 0 atom stereocenters. The van der Waals surface area contributed by atoms with Crippen molar-refractivity contribution in [3.05, 3.63) is 53.9 Å². The molecule has 0 bridgehead atoms. The zero-order chi connectivity index (χ0) is 20.0. The minimum Gasteiger partial charge on any atom is -0.382 e. The number of carbonyl (C=O) groups is 1. The molecule has 6 nitrogen and oxygen atoms in total. The summed E-state index contributed by atoms with van der Waals surface area (Å²) in [7, 11) is 0. The fraction of sp³-hybridized carbons (Fsp3) is 0.455. The molecule has 28 heavy (non-hydrogen) atoms. The molecule has 1 fully saturated rings. The number of aromatic nitrogens is 1. The summed E-state index contributed by atoms with van der Waals surface area (Å²) in [6.07, 6.45) is 3.33. The summed E-state index contributed by atoms with van der Waals surface area (Å²) in [4.78, 5) is 19.1. The van der Waals surface area contributed by atoms with E-state index >= 15 is 0 Å². The maximum absolute atomic E-state index is 12.6. The molecule has 2 heterocycles. The van der Waals surface area contributed by atoms with Gasteiger partial charge >= 0.3 is 0 Å². The van der Waals surface area contributed by atoms with Crippen LogP contribution in [0, 0.1) is 0 Å². The van der Waals surface area contributed by atoms with Crippen molar-refractivity contribution in [2.45, 2.75) is 26.2 Å². The summed E-state index contributed by atoms with van der Waals surface area (Å²) in [5.74, 6) is -0.159.